The lowest BCUT2D eigenvalue weighted by atomic mass is 10.1. The highest BCUT2D eigenvalue weighted by Crippen LogP contribution is 2.15. The molecule has 2 aromatic rings. The van der Waals surface area contributed by atoms with Crippen molar-refractivity contribution in [2.75, 3.05) is 13.2 Å². The van der Waals surface area contributed by atoms with E-state index in [1.807, 2.05) is 30.3 Å². The molecule has 0 aliphatic carbocycles. The van der Waals surface area contributed by atoms with Gasteiger partial charge in [0.2, 0.25) is 5.76 Å². The first-order valence-corrected chi connectivity index (χ1v) is 7.25. The zero-order chi connectivity index (χ0) is 15.2. The zero-order valence-electron chi connectivity index (χ0n) is 12.1. The summed E-state index contributed by atoms with van der Waals surface area (Å²) in [6.45, 7) is 1.58. The molecule has 2 heterocycles. The molecule has 0 spiro atoms. The second kappa shape index (κ2) is 7.20. The van der Waals surface area contributed by atoms with E-state index in [1.54, 1.807) is 0 Å². The van der Waals surface area contributed by atoms with Gasteiger partial charge in [0.1, 0.15) is 0 Å². The zero-order valence-corrected chi connectivity index (χ0v) is 12.1. The average molecular weight is 302 g/mol. The minimum atomic E-state index is -0.304. The van der Waals surface area contributed by atoms with Crippen LogP contribution in [-0.2, 0) is 16.1 Å². The minimum Gasteiger partial charge on any atom is -0.438 e. The third kappa shape index (κ3) is 3.72. The third-order valence-electron chi connectivity index (χ3n) is 3.57. The second-order valence-electron chi connectivity index (χ2n) is 5.14. The monoisotopic (exact) mass is 302 g/mol. The molecule has 0 radical (unpaired) electrons. The number of benzene rings is 1. The molecule has 1 aliphatic rings. The van der Waals surface area contributed by atoms with Crippen LogP contribution in [0.25, 0.3) is 0 Å². The van der Waals surface area contributed by atoms with Crippen LogP contribution < -0.4 is 5.32 Å². The van der Waals surface area contributed by atoms with Crippen LogP contribution in [0.1, 0.15) is 22.5 Å². The molecule has 1 amide bonds. The molecule has 6 nitrogen and oxygen atoms in total. The molecule has 0 saturated carbocycles. The van der Waals surface area contributed by atoms with Crippen LogP contribution in [0.15, 0.2) is 47.3 Å². The molecule has 2 atom stereocenters. The molecule has 0 bridgehead atoms. The van der Waals surface area contributed by atoms with Crippen molar-refractivity contribution in [2.45, 2.75) is 25.2 Å². The van der Waals surface area contributed by atoms with Crippen molar-refractivity contribution >= 4 is 5.91 Å². The van der Waals surface area contributed by atoms with Gasteiger partial charge < -0.3 is 19.2 Å². The summed E-state index contributed by atoms with van der Waals surface area (Å²) in [6.07, 6.45) is 3.28. The van der Waals surface area contributed by atoms with E-state index in [9.17, 15) is 4.79 Å². The Hall–Kier alpha value is -2.18. The first-order valence-electron chi connectivity index (χ1n) is 7.25. The van der Waals surface area contributed by atoms with E-state index >= 15 is 0 Å². The number of hydrogen-bond donors (Lipinski definition) is 1. The molecule has 6 heteroatoms. The SMILES string of the molecule is O=C(N[C@@H]1COCC[C@@H]1OCc1ccccc1)c1cnco1. The standard InChI is InChI=1S/C16H18N2O4/c19-16(15-8-17-11-22-15)18-13-10-20-7-6-14(13)21-9-12-4-2-1-3-5-12/h1-5,8,11,13-14H,6-7,9-10H2,(H,18,19)/t13-,14+/m1/s1. The summed E-state index contributed by atoms with van der Waals surface area (Å²) in [4.78, 5) is 15.8. The Balaban J connectivity index is 1.57. The number of oxazole rings is 1. The fourth-order valence-corrected chi connectivity index (χ4v) is 2.40. The lowest BCUT2D eigenvalue weighted by molar-refractivity contribution is -0.0606. The first kappa shape index (κ1) is 14.7. The highest BCUT2D eigenvalue weighted by atomic mass is 16.5. The first-order chi connectivity index (χ1) is 10.8. The molecular formula is C16H18N2O4. The number of carbonyl (C=O) groups excluding carboxylic acids is 1. The fourth-order valence-electron chi connectivity index (χ4n) is 2.40. The number of nitrogens with zero attached hydrogens (tertiary/aromatic N) is 1. The van der Waals surface area contributed by atoms with Crippen molar-refractivity contribution in [3.63, 3.8) is 0 Å². The van der Waals surface area contributed by atoms with Gasteiger partial charge in [-0.2, -0.15) is 0 Å². The molecule has 3 rings (SSSR count). The van der Waals surface area contributed by atoms with Gasteiger partial charge in [-0.25, -0.2) is 4.98 Å². The van der Waals surface area contributed by atoms with E-state index in [0.717, 1.165) is 12.0 Å². The Morgan fingerprint density at radius 3 is 3.00 bits per heavy atom. The predicted octanol–water partition coefficient (Wildman–Crippen LogP) is 1.78. The number of ether oxygens (including phenoxy) is 2. The van der Waals surface area contributed by atoms with E-state index < -0.39 is 0 Å². The van der Waals surface area contributed by atoms with Crippen LogP contribution in [0, 0.1) is 0 Å². The van der Waals surface area contributed by atoms with Gasteiger partial charge in [-0.05, 0) is 12.0 Å². The summed E-state index contributed by atoms with van der Waals surface area (Å²) in [5.74, 6) is -0.117. The second-order valence-corrected chi connectivity index (χ2v) is 5.14. The van der Waals surface area contributed by atoms with Crippen molar-refractivity contribution < 1.29 is 18.7 Å². The van der Waals surface area contributed by atoms with Crippen molar-refractivity contribution in [1.29, 1.82) is 0 Å². The molecule has 1 fully saturated rings. The Kier molecular flexibility index (Phi) is 4.82. The van der Waals surface area contributed by atoms with E-state index in [4.69, 9.17) is 13.9 Å². The van der Waals surface area contributed by atoms with Crippen LogP contribution in [0.5, 0.6) is 0 Å². The number of aromatic nitrogens is 1. The van der Waals surface area contributed by atoms with Crippen LogP contribution in [0.2, 0.25) is 0 Å². The topological polar surface area (TPSA) is 73.6 Å². The normalized spacial score (nSPS) is 21.5. The average Bonchev–Trinajstić information content (AvgIpc) is 3.10. The van der Waals surface area contributed by atoms with Gasteiger partial charge in [0.05, 0.1) is 31.6 Å². The van der Waals surface area contributed by atoms with Crippen LogP contribution >= 0.6 is 0 Å². The number of rotatable bonds is 5. The predicted molar refractivity (Wildman–Crippen MR) is 78.2 cm³/mol. The Morgan fingerprint density at radius 2 is 2.23 bits per heavy atom. The molecule has 0 unspecified atom stereocenters. The largest absolute Gasteiger partial charge is 0.438 e. The summed E-state index contributed by atoms with van der Waals surface area (Å²) < 4.78 is 16.4. The Bertz CT molecular complexity index is 585. The maximum absolute atomic E-state index is 12.0. The van der Waals surface area contributed by atoms with Crippen molar-refractivity contribution in [2.24, 2.45) is 0 Å². The molecular weight excluding hydrogens is 284 g/mol. The Labute approximate surface area is 128 Å². The van der Waals surface area contributed by atoms with Gasteiger partial charge >= 0.3 is 0 Å². The number of amides is 1. The minimum absolute atomic E-state index is 0.0826. The van der Waals surface area contributed by atoms with Gasteiger partial charge in [-0.1, -0.05) is 30.3 Å². The van der Waals surface area contributed by atoms with Gasteiger partial charge in [0.25, 0.3) is 5.91 Å². The lowest BCUT2D eigenvalue weighted by Gasteiger charge is -2.31. The smallest absolute Gasteiger partial charge is 0.289 e. The van der Waals surface area contributed by atoms with Gasteiger partial charge in [-0.3, -0.25) is 4.79 Å². The summed E-state index contributed by atoms with van der Waals surface area (Å²) in [7, 11) is 0. The summed E-state index contributed by atoms with van der Waals surface area (Å²) in [5.41, 5.74) is 1.11. The van der Waals surface area contributed by atoms with Gasteiger partial charge in [-0.15, -0.1) is 0 Å². The Morgan fingerprint density at radius 1 is 1.36 bits per heavy atom. The molecule has 1 aromatic heterocycles. The van der Waals surface area contributed by atoms with Crippen LogP contribution in [0.3, 0.4) is 0 Å². The fraction of sp³-hybridized carbons (Fsp3) is 0.375. The summed E-state index contributed by atoms with van der Waals surface area (Å²) >= 11 is 0. The van der Waals surface area contributed by atoms with Crippen LogP contribution in [-0.4, -0.2) is 36.3 Å². The summed E-state index contributed by atoms with van der Waals surface area (Å²) in [6, 6.07) is 9.76. The maximum Gasteiger partial charge on any atom is 0.289 e. The van der Waals surface area contributed by atoms with Crippen molar-refractivity contribution in [3.05, 3.63) is 54.2 Å². The molecule has 1 N–H and O–H groups in total. The molecule has 1 aromatic carbocycles. The quantitative estimate of drug-likeness (QED) is 0.911. The van der Waals surface area contributed by atoms with Gasteiger partial charge in [0.15, 0.2) is 6.39 Å². The van der Waals surface area contributed by atoms with E-state index in [2.05, 4.69) is 10.3 Å². The van der Waals surface area contributed by atoms with Crippen LogP contribution in [0.4, 0.5) is 0 Å². The van der Waals surface area contributed by atoms with Crippen molar-refractivity contribution in [3.8, 4) is 0 Å². The van der Waals surface area contributed by atoms with Crippen molar-refractivity contribution in [1.82, 2.24) is 10.3 Å². The summed E-state index contributed by atoms with van der Waals surface area (Å²) in [5, 5.41) is 2.88. The number of carbonyl (C=O) groups is 1. The highest BCUT2D eigenvalue weighted by molar-refractivity contribution is 5.91. The number of hydrogen-bond acceptors (Lipinski definition) is 5. The van der Waals surface area contributed by atoms with E-state index in [0.29, 0.717) is 19.8 Å². The molecule has 1 saturated heterocycles. The molecule has 1 aliphatic heterocycles. The van der Waals surface area contributed by atoms with E-state index in [1.165, 1.54) is 12.6 Å². The highest BCUT2D eigenvalue weighted by Gasteiger charge is 2.29. The molecule has 116 valence electrons. The van der Waals surface area contributed by atoms with E-state index in [-0.39, 0.29) is 23.8 Å². The molecule has 22 heavy (non-hydrogen) atoms. The lowest BCUT2D eigenvalue weighted by Crippen LogP contribution is -2.50. The maximum atomic E-state index is 12.0. The number of nitrogens with one attached hydrogen (secondary N) is 1. The third-order valence-corrected chi connectivity index (χ3v) is 3.57. The van der Waals surface area contributed by atoms with Gasteiger partial charge in [0, 0.05) is 6.61 Å².